The summed E-state index contributed by atoms with van der Waals surface area (Å²) in [7, 11) is 0. The number of hydrogen-bond donors (Lipinski definition) is 0. The monoisotopic (exact) mass is 309 g/mol. The summed E-state index contributed by atoms with van der Waals surface area (Å²) in [6.45, 7) is 10.6. The minimum Gasteiger partial charge on any atom is -0.442 e. The normalized spacial score (nSPS) is 25.8. The Morgan fingerprint density at radius 1 is 1.27 bits per heavy atom. The van der Waals surface area contributed by atoms with Crippen molar-refractivity contribution in [2.75, 3.05) is 6.61 Å². The molecule has 0 spiro atoms. The fourth-order valence-corrected chi connectivity index (χ4v) is 3.11. The van der Waals surface area contributed by atoms with Crippen molar-refractivity contribution < 1.29 is 14.4 Å². The lowest BCUT2D eigenvalue weighted by Gasteiger charge is -2.41. The van der Waals surface area contributed by atoms with Gasteiger partial charge in [-0.2, -0.15) is 5.06 Å². The number of hydroxylamine groups is 2. The molecule has 0 N–H and O–H groups in total. The average Bonchev–Trinajstić information content (AvgIpc) is 2.36. The smallest absolute Gasteiger partial charge is 0.435 e. The van der Waals surface area contributed by atoms with Gasteiger partial charge in [-0.05, 0) is 58.3 Å². The van der Waals surface area contributed by atoms with E-state index >= 15 is 0 Å². The van der Waals surface area contributed by atoms with E-state index in [1.165, 1.54) is 29.9 Å². The van der Waals surface area contributed by atoms with Crippen molar-refractivity contribution in [2.24, 2.45) is 5.41 Å². The van der Waals surface area contributed by atoms with E-state index in [2.05, 4.69) is 19.9 Å². The van der Waals surface area contributed by atoms with Crippen LogP contribution in [0.25, 0.3) is 0 Å². The summed E-state index contributed by atoms with van der Waals surface area (Å²) in [6, 6.07) is -0.0216. The van der Waals surface area contributed by atoms with Crippen LogP contribution < -0.4 is 0 Å². The highest BCUT2D eigenvalue weighted by Gasteiger charge is 2.38. The lowest BCUT2D eigenvalue weighted by molar-refractivity contribution is -0.213. The van der Waals surface area contributed by atoms with Crippen LogP contribution in [0.15, 0.2) is 11.6 Å². The topological polar surface area (TPSA) is 38.8 Å². The molecule has 22 heavy (non-hydrogen) atoms. The lowest BCUT2D eigenvalue weighted by atomic mass is 9.83. The number of hydrogen-bond acceptors (Lipinski definition) is 3. The van der Waals surface area contributed by atoms with Gasteiger partial charge in [0.1, 0.15) is 5.60 Å². The summed E-state index contributed by atoms with van der Waals surface area (Å²) in [4.78, 5) is 18.2. The van der Waals surface area contributed by atoms with Gasteiger partial charge >= 0.3 is 6.09 Å². The Morgan fingerprint density at radius 2 is 1.91 bits per heavy atom. The molecule has 0 aromatic rings. The van der Waals surface area contributed by atoms with Crippen LogP contribution >= 0.6 is 0 Å². The lowest BCUT2D eigenvalue weighted by Crippen LogP contribution is -2.50. The largest absolute Gasteiger partial charge is 0.442 e. The molecule has 0 aromatic heterocycles. The zero-order valence-corrected chi connectivity index (χ0v) is 14.8. The van der Waals surface area contributed by atoms with Crippen LogP contribution in [-0.4, -0.2) is 29.4 Å². The predicted molar refractivity (Wildman–Crippen MR) is 87.4 cm³/mol. The van der Waals surface area contributed by atoms with E-state index in [-0.39, 0.29) is 17.6 Å². The maximum atomic E-state index is 12.4. The van der Waals surface area contributed by atoms with E-state index in [0.717, 1.165) is 19.3 Å². The first-order valence-corrected chi connectivity index (χ1v) is 8.51. The Bertz CT molecular complexity index is 426. The molecule has 0 radical (unpaired) electrons. The molecule has 0 bridgehead atoms. The van der Waals surface area contributed by atoms with Gasteiger partial charge in [0.25, 0.3) is 0 Å². The van der Waals surface area contributed by atoms with E-state index in [4.69, 9.17) is 9.57 Å². The highest BCUT2D eigenvalue weighted by molar-refractivity contribution is 5.67. The fraction of sp³-hybridized carbons (Fsp3) is 0.833. The fourth-order valence-electron chi connectivity index (χ4n) is 3.11. The molecule has 1 heterocycles. The van der Waals surface area contributed by atoms with Crippen molar-refractivity contribution in [2.45, 2.75) is 84.8 Å². The van der Waals surface area contributed by atoms with Gasteiger partial charge in [-0.1, -0.05) is 31.9 Å². The molecule has 126 valence electrons. The van der Waals surface area contributed by atoms with Crippen LogP contribution in [0.2, 0.25) is 0 Å². The number of ether oxygens (including phenoxy) is 1. The standard InChI is InChI=1S/C18H31NO3/c1-17(2,3)22-16(20)19-15(12-18(4,5)13-21-19)11-14-9-7-6-8-10-14/h11,15H,6-10,12-13H2,1-5H3/t15-/m1/s1. The molecule has 1 saturated heterocycles. The van der Waals surface area contributed by atoms with Crippen LogP contribution in [0.4, 0.5) is 4.79 Å². The molecule has 1 amide bonds. The van der Waals surface area contributed by atoms with Crippen LogP contribution in [0.1, 0.15) is 73.1 Å². The molecule has 2 aliphatic rings. The van der Waals surface area contributed by atoms with E-state index in [0.29, 0.717) is 6.61 Å². The third-order valence-electron chi connectivity index (χ3n) is 4.15. The molecule has 4 nitrogen and oxygen atoms in total. The van der Waals surface area contributed by atoms with Gasteiger partial charge in [0.15, 0.2) is 0 Å². The van der Waals surface area contributed by atoms with Crippen LogP contribution in [0.5, 0.6) is 0 Å². The van der Waals surface area contributed by atoms with Gasteiger partial charge in [0.2, 0.25) is 0 Å². The summed E-state index contributed by atoms with van der Waals surface area (Å²) in [5.41, 5.74) is 1.04. The van der Waals surface area contributed by atoms with Gasteiger partial charge in [-0.3, -0.25) is 4.84 Å². The molecule has 1 aliphatic carbocycles. The van der Waals surface area contributed by atoms with E-state index < -0.39 is 5.60 Å². The van der Waals surface area contributed by atoms with E-state index in [9.17, 15) is 4.79 Å². The molecule has 1 aliphatic heterocycles. The van der Waals surface area contributed by atoms with Gasteiger partial charge < -0.3 is 4.74 Å². The minimum atomic E-state index is -0.504. The highest BCUT2D eigenvalue weighted by atomic mass is 16.7. The van der Waals surface area contributed by atoms with Crippen LogP contribution in [0.3, 0.4) is 0 Å². The summed E-state index contributed by atoms with van der Waals surface area (Å²) in [5.74, 6) is 0. The molecule has 2 rings (SSSR count). The SMILES string of the molecule is CC1(C)CON(C(=O)OC(C)(C)C)[C@H](C=C2CCCCC2)C1. The van der Waals surface area contributed by atoms with Crippen molar-refractivity contribution in [3.05, 3.63) is 11.6 Å². The second-order valence-corrected chi connectivity index (χ2v) is 8.40. The van der Waals surface area contributed by atoms with Gasteiger partial charge in [-0.15, -0.1) is 0 Å². The molecule has 1 atom stereocenters. The molecule has 0 aromatic carbocycles. The predicted octanol–water partition coefficient (Wildman–Crippen LogP) is 4.84. The number of nitrogens with zero attached hydrogens (tertiary/aromatic N) is 1. The highest BCUT2D eigenvalue weighted by Crippen LogP contribution is 2.34. The Kier molecular flexibility index (Phi) is 5.21. The number of amides is 1. The summed E-state index contributed by atoms with van der Waals surface area (Å²) in [5, 5.41) is 1.46. The summed E-state index contributed by atoms with van der Waals surface area (Å²) >= 11 is 0. The Balaban J connectivity index is 2.13. The van der Waals surface area contributed by atoms with Gasteiger partial charge in [0, 0.05) is 0 Å². The summed E-state index contributed by atoms with van der Waals surface area (Å²) < 4.78 is 5.50. The number of rotatable bonds is 1. The maximum absolute atomic E-state index is 12.4. The molecule has 4 heteroatoms. The van der Waals surface area contributed by atoms with Crippen molar-refractivity contribution in [1.29, 1.82) is 0 Å². The van der Waals surface area contributed by atoms with Gasteiger partial charge in [-0.25, -0.2) is 4.79 Å². The van der Waals surface area contributed by atoms with Crippen molar-refractivity contribution >= 4 is 6.09 Å². The second-order valence-electron chi connectivity index (χ2n) is 8.40. The molecular weight excluding hydrogens is 278 g/mol. The first kappa shape index (κ1) is 17.3. The zero-order valence-electron chi connectivity index (χ0n) is 14.8. The first-order valence-electron chi connectivity index (χ1n) is 8.51. The minimum absolute atomic E-state index is 0.0216. The number of carbonyl (C=O) groups is 1. The molecule has 0 unspecified atom stereocenters. The average molecular weight is 309 g/mol. The third kappa shape index (κ3) is 5.01. The molecule has 1 saturated carbocycles. The van der Waals surface area contributed by atoms with E-state index in [1.54, 1.807) is 0 Å². The Labute approximate surface area is 134 Å². The Morgan fingerprint density at radius 3 is 2.50 bits per heavy atom. The molecular formula is C18H31NO3. The summed E-state index contributed by atoms with van der Waals surface area (Å²) in [6.07, 6.45) is 8.93. The van der Waals surface area contributed by atoms with Crippen LogP contribution in [-0.2, 0) is 9.57 Å². The number of carbonyl (C=O) groups excluding carboxylic acids is 1. The second kappa shape index (κ2) is 6.61. The van der Waals surface area contributed by atoms with Crippen molar-refractivity contribution in [1.82, 2.24) is 5.06 Å². The maximum Gasteiger partial charge on any atom is 0.435 e. The third-order valence-corrected chi connectivity index (χ3v) is 4.15. The first-order chi connectivity index (χ1) is 10.2. The molecule has 2 fully saturated rings. The van der Waals surface area contributed by atoms with Crippen LogP contribution in [0, 0.1) is 5.41 Å². The van der Waals surface area contributed by atoms with E-state index in [1.807, 2.05) is 20.8 Å². The Hall–Kier alpha value is -1.03. The van der Waals surface area contributed by atoms with Gasteiger partial charge in [0.05, 0.1) is 12.6 Å². The zero-order chi connectivity index (χ0) is 16.4. The van der Waals surface area contributed by atoms with Crippen molar-refractivity contribution in [3.63, 3.8) is 0 Å². The quantitative estimate of drug-likeness (QED) is 0.650. The van der Waals surface area contributed by atoms with Crippen molar-refractivity contribution in [3.8, 4) is 0 Å². The number of allylic oxidation sites excluding steroid dienone is 1.